The van der Waals surface area contributed by atoms with Gasteiger partial charge in [-0.15, -0.1) is 0 Å². The molecule has 4 aromatic rings. The number of benzene rings is 3. The molecule has 1 aromatic heterocycles. The highest BCUT2D eigenvalue weighted by molar-refractivity contribution is 7.07. The minimum atomic E-state index is -0.794. The first-order chi connectivity index (χ1) is 18.5. The van der Waals surface area contributed by atoms with Crippen LogP contribution in [0.2, 0.25) is 0 Å². The fourth-order valence-electron chi connectivity index (χ4n) is 4.36. The van der Waals surface area contributed by atoms with Crippen molar-refractivity contribution >= 4 is 23.4 Å². The van der Waals surface area contributed by atoms with Gasteiger partial charge < -0.3 is 9.47 Å². The summed E-state index contributed by atoms with van der Waals surface area (Å²) < 4.78 is 27.0. The Morgan fingerprint density at radius 1 is 1.05 bits per heavy atom. The molecule has 0 amide bonds. The minimum absolute atomic E-state index is 0.177. The number of fused-ring (bicyclic) bond motifs is 1. The third-order valence-electron chi connectivity index (χ3n) is 6.15. The third kappa shape index (κ3) is 5.08. The minimum Gasteiger partial charge on any atom is -0.488 e. The average Bonchev–Trinajstić information content (AvgIpc) is 3.22. The van der Waals surface area contributed by atoms with E-state index in [0.29, 0.717) is 33.0 Å². The van der Waals surface area contributed by atoms with Crippen LogP contribution in [-0.2, 0) is 16.1 Å². The zero-order valence-electron chi connectivity index (χ0n) is 20.9. The molecule has 192 valence electrons. The van der Waals surface area contributed by atoms with Crippen molar-refractivity contribution in [3.63, 3.8) is 0 Å². The predicted octanol–water partition coefficient (Wildman–Crippen LogP) is 4.52. The highest BCUT2D eigenvalue weighted by Gasteiger charge is 2.33. The van der Waals surface area contributed by atoms with E-state index >= 15 is 0 Å². The van der Waals surface area contributed by atoms with Crippen molar-refractivity contribution in [1.29, 1.82) is 0 Å². The van der Waals surface area contributed by atoms with Crippen LogP contribution in [0.25, 0.3) is 6.08 Å². The second-order valence-electron chi connectivity index (χ2n) is 8.67. The van der Waals surface area contributed by atoms with E-state index in [1.165, 1.54) is 28.0 Å². The van der Waals surface area contributed by atoms with E-state index in [-0.39, 0.29) is 17.7 Å². The molecule has 38 heavy (non-hydrogen) atoms. The lowest BCUT2D eigenvalue weighted by molar-refractivity contribution is -0.139. The zero-order chi connectivity index (χ0) is 26.6. The largest absolute Gasteiger partial charge is 0.488 e. The number of halogens is 1. The van der Waals surface area contributed by atoms with E-state index in [4.69, 9.17) is 9.47 Å². The summed E-state index contributed by atoms with van der Waals surface area (Å²) in [6.45, 7) is 4.00. The Morgan fingerprint density at radius 2 is 1.76 bits per heavy atom. The normalized spacial score (nSPS) is 15.1. The van der Waals surface area contributed by atoms with Crippen LogP contribution in [-0.4, -0.2) is 17.1 Å². The van der Waals surface area contributed by atoms with Crippen LogP contribution in [0.15, 0.2) is 99.9 Å². The molecule has 0 saturated carbocycles. The Labute approximate surface area is 222 Å². The van der Waals surface area contributed by atoms with Gasteiger partial charge in [-0.1, -0.05) is 72.0 Å². The molecular weight excluding hydrogens is 503 g/mol. The van der Waals surface area contributed by atoms with E-state index in [2.05, 4.69) is 4.99 Å². The first kappa shape index (κ1) is 25.4. The van der Waals surface area contributed by atoms with Crippen molar-refractivity contribution in [2.75, 3.05) is 6.61 Å². The summed E-state index contributed by atoms with van der Waals surface area (Å²) in [5.41, 5.74) is 2.76. The van der Waals surface area contributed by atoms with Crippen LogP contribution in [0, 0.1) is 5.82 Å². The molecular formula is C30H25FN2O4S. The maximum absolute atomic E-state index is 13.8. The number of carbonyl (C=O) groups excluding carboxylic acids is 1. The number of nitrogens with zero attached hydrogens (tertiary/aromatic N) is 2. The van der Waals surface area contributed by atoms with E-state index in [0.717, 1.165) is 11.1 Å². The summed E-state index contributed by atoms with van der Waals surface area (Å²) in [7, 11) is 0. The van der Waals surface area contributed by atoms with Gasteiger partial charge >= 0.3 is 5.97 Å². The first-order valence-corrected chi connectivity index (χ1v) is 13.0. The Kier molecular flexibility index (Phi) is 7.33. The van der Waals surface area contributed by atoms with Crippen molar-refractivity contribution in [3.05, 3.63) is 132 Å². The van der Waals surface area contributed by atoms with Gasteiger partial charge in [0.05, 0.1) is 28.5 Å². The molecule has 8 heteroatoms. The summed E-state index contributed by atoms with van der Waals surface area (Å²) in [6.07, 6.45) is 1.77. The van der Waals surface area contributed by atoms with Crippen molar-refractivity contribution in [2.45, 2.75) is 26.5 Å². The fraction of sp³-hybridized carbons (Fsp3) is 0.167. The Hall–Kier alpha value is -4.30. The molecule has 0 fully saturated rings. The molecule has 0 saturated heterocycles. The van der Waals surface area contributed by atoms with Gasteiger partial charge in [-0.05, 0) is 49.2 Å². The van der Waals surface area contributed by atoms with Gasteiger partial charge in [-0.3, -0.25) is 9.36 Å². The maximum atomic E-state index is 13.8. The molecule has 5 rings (SSSR count). The number of ether oxygens (including phenoxy) is 2. The first-order valence-electron chi connectivity index (χ1n) is 12.2. The molecule has 0 aliphatic carbocycles. The van der Waals surface area contributed by atoms with E-state index in [1.807, 2.05) is 54.6 Å². The lowest BCUT2D eigenvalue weighted by Gasteiger charge is -2.24. The summed E-state index contributed by atoms with van der Waals surface area (Å²) in [4.78, 5) is 31.8. The number of thiazole rings is 1. The third-order valence-corrected chi connectivity index (χ3v) is 7.13. The summed E-state index contributed by atoms with van der Waals surface area (Å²) >= 11 is 1.22. The number of para-hydroxylation sites is 1. The molecule has 6 nitrogen and oxygen atoms in total. The van der Waals surface area contributed by atoms with Crippen molar-refractivity contribution in [1.82, 2.24) is 4.57 Å². The molecule has 0 N–H and O–H groups in total. The van der Waals surface area contributed by atoms with Crippen LogP contribution in [0.5, 0.6) is 5.75 Å². The number of hydrogen-bond donors (Lipinski definition) is 0. The Balaban J connectivity index is 1.61. The second kappa shape index (κ2) is 11.0. The maximum Gasteiger partial charge on any atom is 0.338 e. The number of hydrogen-bond acceptors (Lipinski definition) is 6. The quantitative estimate of drug-likeness (QED) is 0.331. The molecule has 0 spiro atoms. The second-order valence-corrected chi connectivity index (χ2v) is 9.68. The number of aromatic nitrogens is 1. The highest BCUT2D eigenvalue weighted by Crippen LogP contribution is 2.31. The Morgan fingerprint density at radius 3 is 2.50 bits per heavy atom. The monoisotopic (exact) mass is 528 g/mol. The van der Waals surface area contributed by atoms with Crippen LogP contribution in [0.1, 0.15) is 36.6 Å². The Bertz CT molecular complexity index is 1690. The van der Waals surface area contributed by atoms with Crippen LogP contribution in [0.4, 0.5) is 4.39 Å². The number of rotatable bonds is 7. The van der Waals surface area contributed by atoms with Crippen molar-refractivity contribution in [2.24, 2.45) is 4.99 Å². The molecule has 1 atom stereocenters. The van der Waals surface area contributed by atoms with E-state index in [9.17, 15) is 14.0 Å². The highest BCUT2D eigenvalue weighted by atomic mass is 32.1. The smallest absolute Gasteiger partial charge is 0.338 e. The van der Waals surface area contributed by atoms with Crippen molar-refractivity contribution in [3.8, 4) is 5.75 Å². The number of carbonyl (C=O) groups is 1. The number of esters is 1. The molecule has 0 unspecified atom stereocenters. The molecule has 3 aromatic carbocycles. The van der Waals surface area contributed by atoms with Gasteiger partial charge in [-0.25, -0.2) is 14.2 Å². The predicted molar refractivity (Wildman–Crippen MR) is 144 cm³/mol. The summed E-state index contributed by atoms with van der Waals surface area (Å²) in [5, 5.41) is 0. The molecule has 0 bridgehead atoms. The summed E-state index contributed by atoms with van der Waals surface area (Å²) in [6, 6.07) is 22.3. The lowest BCUT2D eigenvalue weighted by atomic mass is 9.96. The standard InChI is InChI=1S/C30H25FN2O4S/c1-3-36-29(35)26-19(2)32-30-33(27(26)21-13-15-23(31)16-14-21)28(34)25(38-30)17-22-11-7-8-12-24(22)37-18-20-9-5-4-6-10-20/h4-17,27H,3,18H2,1-2H3/b25-17+/t27-/m1/s1. The van der Waals surface area contributed by atoms with Gasteiger partial charge in [0.2, 0.25) is 0 Å². The van der Waals surface area contributed by atoms with Crippen LogP contribution < -0.4 is 19.6 Å². The fourth-order valence-corrected chi connectivity index (χ4v) is 5.40. The molecule has 0 radical (unpaired) electrons. The van der Waals surface area contributed by atoms with Gasteiger partial charge in [0.25, 0.3) is 5.56 Å². The topological polar surface area (TPSA) is 69.9 Å². The van der Waals surface area contributed by atoms with Gasteiger partial charge in [-0.2, -0.15) is 0 Å². The molecule has 1 aliphatic rings. The number of allylic oxidation sites excluding steroid dienone is 1. The lowest BCUT2D eigenvalue weighted by Crippen LogP contribution is -2.39. The summed E-state index contributed by atoms with van der Waals surface area (Å²) in [5.74, 6) is -0.329. The molecule has 1 aliphatic heterocycles. The van der Waals surface area contributed by atoms with E-state index in [1.54, 1.807) is 32.1 Å². The van der Waals surface area contributed by atoms with Crippen LogP contribution >= 0.6 is 11.3 Å². The van der Waals surface area contributed by atoms with Crippen LogP contribution in [0.3, 0.4) is 0 Å². The zero-order valence-corrected chi connectivity index (χ0v) is 21.7. The average molecular weight is 529 g/mol. The van der Waals surface area contributed by atoms with Gasteiger partial charge in [0, 0.05) is 5.56 Å². The molecule has 2 heterocycles. The van der Waals surface area contributed by atoms with Crippen molar-refractivity contribution < 1.29 is 18.7 Å². The van der Waals surface area contributed by atoms with Gasteiger partial charge in [0.1, 0.15) is 18.2 Å². The van der Waals surface area contributed by atoms with E-state index < -0.39 is 17.8 Å². The SMILES string of the molecule is CCOC(=O)C1=C(C)N=c2s/c(=C/c3ccccc3OCc3ccccc3)c(=O)n2[C@@H]1c1ccc(F)cc1. The van der Waals surface area contributed by atoms with Gasteiger partial charge in [0.15, 0.2) is 4.80 Å².